The quantitative estimate of drug-likeness (QED) is 0.660. The lowest BCUT2D eigenvalue weighted by molar-refractivity contribution is -0.136. The summed E-state index contributed by atoms with van der Waals surface area (Å²) >= 11 is 0. The number of benzene rings is 1. The van der Waals surface area contributed by atoms with Crippen molar-refractivity contribution in [3.8, 4) is 5.75 Å². The van der Waals surface area contributed by atoms with Crippen molar-refractivity contribution in [1.29, 1.82) is 0 Å². The van der Waals surface area contributed by atoms with Gasteiger partial charge < -0.3 is 24.8 Å². The van der Waals surface area contributed by atoms with Gasteiger partial charge in [0.05, 0.1) is 6.61 Å². The molecule has 1 aromatic carbocycles. The summed E-state index contributed by atoms with van der Waals surface area (Å²) in [6.45, 7) is 3.77. The first kappa shape index (κ1) is 23.1. The highest BCUT2D eigenvalue weighted by Crippen LogP contribution is 2.18. The van der Waals surface area contributed by atoms with Crippen molar-refractivity contribution in [2.75, 3.05) is 31.6 Å². The second-order valence-electron chi connectivity index (χ2n) is 7.70. The van der Waals surface area contributed by atoms with E-state index in [2.05, 4.69) is 10.6 Å². The molecule has 170 valence electrons. The summed E-state index contributed by atoms with van der Waals surface area (Å²) in [7, 11) is 1.61. The second kappa shape index (κ2) is 10.6. The van der Waals surface area contributed by atoms with Crippen LogP contribution in [0.5, 0.6) is 5.75 Å². The van der Waals surface area contributed by atoms with E-state index in [-0.39, 0.29) is 22.9 Å². The number of hydrogen-bond donors (Lipinski definition) is 2. The molecule has 0 unspecified atom stereocenters. The number of aromatic nitrogens is 1. The van der Waals surface area contributed by atoms with Gasteiger partial charge in [0.25, 0.3) is 11.5 Å². The number of carbonyl (C=O) groups is 3. The van der Waals surface area contributed by atoms with Gasteiger partial charge in [0.15, 0.2) is 0 Å². The molecule has 3 rings (SSSR count). The van der Waals surface area contributed by atoms with Gasteiger partial charge in [-0.3, -0.25) is 19.2 Å². The predicted molar refractivity (Wildman–Crippen MR) is 120 cm³/mol. The van der Waals surface area contributed by atoms with Gasteiger partial charge in [-0.15, -0.1) is 0 Å². The van der Waals surface area contributed by atoms with Crippen molar-refractivity contribution in [3.63, 3.8) is 0 Å². The molecule has 2 N–H and O–H groups in total. The molecule has 1 aromatic heterocycles. The molecule has 0 aliphatic carbocycles. The normalized spacial score (nSPS) is 14.0. The van der Waals surface area contributed by atoms with Crippen molar-refractivity contribution in [2.45, 2.75) is 19.8 Å². The molecule has 32 heavy (non-hydrogen) atoms. The SMILES string of the molecule is CCOc1ccc(NC(=O)C(=O)NCC2CCN(C(=O)c3cccn(C)c3=O)CC2)cc1. The number of likely N-dealkylation sites (tertiary alicyclic amines) is 1. The summed E-state index contributed by atoms with van der Waals surface area (Å²) in [6.07, 6.45) is 2.97. The van der Waals surface area contributed by atoms with Gasteiger partial charge in [-0.1, -0.05) is 0 Å². The monoisotopic (exact) mass is 440 g/mol. The van der Waals surface area contributed by atoms with Crippen molar-refractivity contribution < 1.29 is 19.1 Å². The Balaban J connectivity index is 1.43. The molecule has 1 fully saturated rings. The Bertz CT molecular complexity index is 1020. The predicted octanol–water partition coefficient (Wildman–Crippen LogP) is 1.39. The number of piperidine rings is 1. The number of nitrogens with zero attached hydrogens (tertiary/aromatic N) is 2. The van der Waals surface area contributed by atoms with Crippen LogP contribution in [0.3, 0.4) is 0 Å². The summed E-state index contributed by atoms with van der Waals surface area (Å²) in [6, 6.07) is 10.00. The summed E-state index contributed by atoms with van der Waals surface area (Å²) < 4.78 is 6.73. The van der Waals surface area contributed by atoms with Crippen LogP contribution in [0.25, 0.3) is 0 Å². The zero-order chi connectivity index (χ0) is 23.1. The van der Waals surface area contributed by atoms with Crippen LogP contribution in [0.1, 0.15) is 30.1 Å². The maximum Gasteiger partial charge on any atom is 0.313 e. The Morgan fingerprint density at radius 2 is 1.75 bits per heavy atom. The topological polar surface area (TPSA) is 110 Å². The van der Waals surface area contributed by atoms with Crippen molar-refractivity contribution >= 4 is 23.4 Å². The van der Waals surface area contributed by atoms with Crippen LogP contribution in [0.4, 0.5) is 5.69 Å². The molecule has 2 aromatic rings. The molecule has 0 spiro atoms. The standard InChI is InChI=1S/C23H28N4O5/c1-3-32-18-8-6-17(7-9-18)25-21(29)20(28)24-15-16-10-13-27(14-11-16)23(31)19-5-4-12-26(2)22(19)30/h4-9,12,16H,3,10-11,13-15H2,1-2H3,(H,24,28)(H,25,29). The lowest BCUT2D eigenvalue weighted by Crippen LogP contribution is -2.44. The average Bonchev–Trinajstić information content (AvgIpc) is 2.80. The first-order valence-electron chi connectivity index (χ1n) is 10.7. The summed E-state index contributed by atoms with van der Waals surface area (Å²) in [5, 5.41) is 5.22. The van der Waals surface area contributed by atoms with Crippen molar-refractivity contribution in [1.82, 2.24) is 14.8 Å². The minimum Gasteiger partial charge on any atom is -0.494 e. The molecular weight excluding hydrogens is 412 g/mol. The average molecular weight is 441 g/mol. The highest BCUT2D eigenvalue weighted by Gasteiger charge is 2.26. The molecule has 0 saturated carbocycles. The third-order valence-corrected chi connectivity index (χ3v) is 5.44. The van der Waals surface area contributed by atoms with Gasteiger partial charge in [0.1, 0.15) is 11.3 Å². The number of anilines is 1. The van der Waals surface area contributed by atoms with E-state index >= 15 is 0 Å². The Morgan fingerprint density at radius 1 is 1.06 bits per heavy atom. The Labute approximate surface area is 186 Å². The summed E-state index contributed by atoms with van der Waals surface area (Å²) in [5.41, 5.74) is 0.352. The molecule has 1 aliphatic heterocycles. The van der Waals surface area contributed by atoms with Gasteiger partial charge >= 0.3 is 11.8 Å². The molecule has 1 aliphatic rings. The number of pyridine rings is 1. The zero-order valence-electron chi connectivity index (χ0n) is 18.3. The molecule has 2 heterocycles. The molecule has 9 heteroatoms. The fourth-order valence-electron chi connectivity index (χ4n) is 3.58. The van der Waals surface area contributed by atoms with E-state index in [0.717, 1.165) is 0 Å². The number of carbonyl (C=O) groups excluding carboxylic acids is 3. The van der Waals surface area contributed by atoms with E-state index in [0.29, 0.717) is 50.5 Å². The first-order chi connectivity index (χ1) is 15.4. The largest absolute Gasteiger partial charge is 0.494 e. The Morgan fingerprint density at radius 3 is 2.41 bits per heavy atom. The van der Waals surface area contributed by atoms with Crippen LogP contribution in [-0.4, -0.2) is 53.4 Å². The van der Waals surface area contributed by atoms with Crippen LogP contribution in [-0.2, 0) is 16.6 Å². The maximum absolute atomic E-state index is 12.6. The number of rotatable bonds is 6. The van der Waals surface area contributed by atoms with Crippen LogP contribution in [0.15, 0.2) is 47.4 Å². The van der Waals surface area contributed by atoms with Gasteiger partial charge in [0.2, 0.25) is 0 Å². The molecule has 0 atom stereocenters. The summed E-state index contributed by atoms with van der Waals surface area (Å²) in [4.78, 5) is 50.7. The van der Waals surface area contributed by atoms with Crippen LogP contribution in [0.2, 0.25) is 0 Å². The highest BCUT2D eigenvalue weighted by molar-refractivity contribution is 6.39. The van der Waals surface area contributed by atoms with E-state index in [4.69, 9.17) is 4.74 Å². The second-order valence-corrected chi connectivity index (χ2v) is 7.70. The lowest BCUT2D eigenvalue weighted by atomic mass is 9.96. The molecule has 1 saturated heterocycles. The fraction of sp³-hybridized carbons (Fsp3) is 0.391. The highest BCUT2D eigenvalue weighted by atomic mass is 16.5. The molecule has 3 amide bonds. The zero-order valence-corrected chi connectivity index (χ0v) is 18.3. The third kappa shape index (κ3) is 5.75. The minimum atomic E-state index is -0.735. The van der Waals surface area contributed by atoms with E-state index in [1.54, 1.807) is 54.5 Å². The number of nitrogens with one attached hydrogen (secondary N) is 2. The first-order valence-corrected chi connectivity index (χ1v) is 10.7. The molecular formula is C23H28N4O5. The molecule has 0 bridgehead atoms. The van der Waals surface area contributed by atoms with Gasteiger partial charge in [-0.05, 0) is 62.1 Å². The summed E-state index contributed by atoms with van der Waals surface area (Å²) in [5.74, 6) is -0.873. The van der Waals surface area contributed by atoms with E-state index in [1.807, 2.05) is 6.92 Å². The van der Waals surface area contributed by atoms with Crippen LogP contribution in [0, 0.1) is 5.92 Å². The smallest absolute Gasteiger partial charge is 0.313 e. The Kier molecular flexibility index (Phi) is 7.64. The van der Waals surface area contributed by atoms with Gasteiger partial charge in [-0.2, -0.15) is 0 Å². The van der Waals surface area contributed by atoms with Crippen molar-refractivity contribution in [3.05, 3.63) is 58.5 Å². The Hall–Kier alpha value is -3.62. The van der Waals surface area contributed by atoms with Gasteiger partial charge in [-0.25, -0.2) is 0 Å². The van der Waals surface area contributed by atoms with Crippen LogP contribution >= 0.6 is 0 Å². The molecule has 0 radical (unpaired) electrons. The third-order valence-electron chi connectivity index (χ3n) is 5.44. The van der Waals surface area contributed by atoms with Crippen molar-refractivity contribution in [2.24, 2.45) is 13.0 Å². The molecule has 9 nitrogen and oxygen atoms in total. The van der Waals surface area contributed by atoms with Crippen LogP contribution < -0.4 is 20.9 Å². The van der Waals surface area contributed by atoms with E-state index in [9.17, 15) is 19.2 Å². The van der Waals surface area contributed by atoms with E-state index < -0.39 is 11.8 Å². The van der Waals surface area contributed by atoms with E-state index in [1.165, 1.54) is 4.57 Å². The minimum absolute atomic E-state index is 0.153. The fourth-order valence-corrected chi connectivity index (χ4v) is 3.58. The number of hydrogen-bond acceptors (Lipinski definition) is 5. The number of ether oxygens (including phenoxy) is 1. The number of aryl methyl sites for hydroxylation is 1. The maximum atomic E-state index is 12.6. The number of amides is 3. The van der Waals surface area contributed by atoms with Gasteiger partial charge in [0, 0.05) is 38.6 Å². The lowest BCUT2D eigenvalue weighted by Gasteiger charge is -2.32.